The van der Waals surface area contributed by atoms with Gasteiger partial charge in [0, 0.05) is 41.8 Å². The molecule has 1 aromatic heterocycles. The summed E-state index contributed by atoms with van der Waals surface area (Å²) in [6.45, 7) is 7.35. The van der Waals surface area contributed by atoms with Crippen molar-refractivity contribution in [3.63, 3.8) is 0 Å². The van der Waals surface area contributed by atoms with Crippen LogP contribution in [0.3, 0.4) is 0 Å². The Morgan fingerprint density at radius 1 is 1.31 bits per heavy atom. The van der Waals surface area contributed by atoms with E-state index in [1.807, 2.05) is 41.2 Å². The second-order valence-corrected chi connectivity index (χ2v) is 7.80. The van der Waals surface area contributed by atoms with Gasteiger partial charge in [0.1, 0.15) is 5.49 Å². The maximum Gasteiger partial charge on any atom is 0.218 e. The lowest BCUT2D eigenvalue weighted by atomic mass is 10.3. The first-order valence-electron chi connectivity index (χ1n) is 8.74. The number of hydrogen-bond donors (Lipinski definition) is 2. The molecule has 8 heteroatoms. The third-order valence-electron chi connectivity index (χ3n) is 4.08. The van der Waals surface area contributed by atoms with E-state index in [0.717, 1.165) is 49.8 Å². The summed E-state index contributed by atoms with van der Waals surface area (Å²) >= 11 is 7.48. The number of benzene rings is 1. The largest absolute Gasteiger partial charge is 0.379 e. The minimum absolute atomic E-state index is 0.431. The summed E-state index contributed by atoms with van der Waals surface area (Å²) in [7, 11) is 0. The zero-order chi connectivity index (χ0) is 18.4. The average molecular weight is 394 g/mol. The van der Waals surface area contributed by atoms with Crippen LogP contribution in [0, 0.1) is 12.3 Å². The molecule has 2 heterocycles. The molecular formula is C18H24ClN5OS. The Balaban J connectivity index is 1.68. The molecule has 1 aliphatic heterocycles. The molecule has 3 rings (SSSR count). The Hall–Kier alpha value is -1.67. The molecule has 0 aliphatic carbocycles. The van der Waals surface area contributed by atoms with Crippen molar-refractivity contribution >= 4 is 34.8 Å². The molecule has 2 aromatic rings. The molecule has 0 bridgehead atoms. The van der Waals surface area contributed by atoms with E-state index in [2.05, 4.69) is 10.2 Å². The van der Waals surface area contributed by atoms with E-state index < -0.39 is 0 Å². The van der Waals surface area contributed by atoms with Crippen molar-refractivity contribution in [3.05, 3.63) is 45.7 Å². The number of rotatable bonds is 5. The van der Waals surface area contributed by atoms with Gasteiger partial charge in [0.05, 0.1) is 13.2 Å². The highest BCUT2D eigenvalue weighted by molar-refractivity contribution is 7.07. The minimum atomic E-state index is 0.431. The predicted octanol–water partition coefficient (Wildman–Crippen LogP) is 3.03. The second-order valence-electron chi connectivity index (χ2n) is 6.17. The first-order chi connectivity index (χ1) is 12.6. The summed E-state index contributed by atoms with van der Waals surface area (Å²) in [5.41, 5.74) is 1.33. The van der Waals surface area contributed by atoms with Crippen molar-refractivity contribution in [2.45, 2.75) is 13.3 Å². The normalized spacial score (nSPS) is 16.0. The van der Waals surface area contributed by atoms with Crippen LogP contribution in [0.15, 0.2) is 35.3 Å². The van der Waals surface area contributed by atoms with E-state index in [-0.39, 0.29) is 0 Å². The number of halogens is 1. The number of anilines is 1. The Morgan fingerprint density at radius 3 is 2.69 bits per heavy atom. The monoisotopic (exact) mass is 393 g/mol. The molecule has 1 aliphatic rings. The van der Waals surface area contributed by atoms with E-state index in [1.165, 1.54) is 11.5 Å². The van der Waals surface area contributed by atoms with Gasteiger partial charge in [-0.25, -0.2) is 3.96 Å². The van der Waals surface area contributed by atoms with Crippen molar-refractivity contribution in [3.8, 4) is 0 Å². The highest BCUT2D eigenvalue weighted by Gasteiger charge is 2.10. The molecule has 0 radical (unpaired) electrons. The number of ether oxygens (including phenoxy) is 1. The van der Waals surface area contributed by atoms with E-state index in [4.69, 9.17) is 26.7 Å². The van der Waals surface area contributed by atoms with Gasteiger partial charge in [-0.05, 0) is 43.7 Å². The van der Waals surface area contributed by atoms with Gasteiger partial charge in [-0.15, -0.1) is 0 Å². The molecule has 0 unspecified atom stereocenters. The Bertz CT molecular complexity index is 793. The first kappa shape index (κ1) is 19.1. The number of aryl methyl sites for hydroxylation is 1. The van der Waals surface area contributed by atoms with Crippen molar-refractivity contribution in [1.29, 1.82) is 5.41 Å². The number of aliphatic imine (C=N–C) groups is 1. The van der Waals surface area contributed by atoms with Crippen LogP contribution in [-0.4, -0.2) is 54.2 Å². The van der Waals surface area contributed by atoms with Gasteiger partial charge in [0.15, 0.2) is 0 Å². The molecular weight excluding hydrogens is 370 g/mol. The van der Waals surface area contributed by atoms with Crippen molar-refractivity contribution < 1.29 is 4.74 Å². The van der Waals surface area contributed by atoms with Crippen LogP contribution in [0.2, 0.25) is 5.02 Å². The summed E-state index contributed by atoms with van der Waals surface area (Å²) in [6, 6.07) is 9.35. The van der Waals surface area contributed by atoms with Gasteiger partial charge in [-0.1, -0.05) is 23.1 Å². The molecule has 26 heavy (non-hydrogen) atoms. The van der Waals surface area contributed by atoms with Gasteiger partial charge < -0.3 is 10.1 Å². The number of morpholine rings is 1. The fourth-order valence-corrected chi connectivity index (χ4v) is 3.67. The maximum atomic E-state index is 8.17. The molecule has 2 N–H and O–H groups in total. The minimum Gasteiger partial charge on any atom is -0.379 e. The molecule has 0 saturated carbocycles. The fraction of sp³-hybridized carbons (Fsp3) is 0.444. The van der Waals surface area contributed by atoms with E-state index in [9.17, 15) is 0 Å². The maximum absolute atomic E-state index is 8.17. The topological polar surface area (TPSA) is 65.6 Å². The van der Waals surface area contributed by atoms with Crippen LogP contribution in [-0.2, 0) is 4.74 Å². The van der Waals surface area contributed by atoms with Crippen LogP contribution < -0.4 is 10.8 Å². The lowest BCUT2D eigenvalue weighted by Crippen LogP contribution is -2.37. The smallest absolute Gasteiger partial charge is 0.218 e. The molecule has 0 atom stereocenters. The van der Waals surface area contributed by atoms with Gasteiger partial charge in [-0.2, -0.15) is 0 Å². The molecule has 1 aromatic carbocycles. The highest BCUT2D eigenvalue weighted by Crippen LogP contribution is 2.14. The second kappa shape index (κ2) is 9.32. The van der Waals surface area contributed by atoms with E-state index >= 15 is 0 Å². The summed E-state index contributed by atoms with van der Waals surface area (Å²) in [6.07, 6.45) is 0.976. The van der Waals surface area contributed by atoms with Crippen LogP contribution in [0.25, 0.3) is 0 Å². The average Bonchev–Trinajstić information content (AvgIpc) is 2.98. The van der Waals surface area contributed by atoms with Crippen LogP contribution in [0.5, 0.6) is 0 Å². The zero-order valence-electron chi connectivity index (χ0n) is 14.9. The summed E-state index contributed by atoms with van der Waals surface area (Å²) in [4.78, 5) is 8.22. The Morgan fingerprint density at radius 2 is 2.04 bits per heavy atom. The van der Waals surface area contributed by atoms with Gasteiger partial charge in [-0.3, -0.25) is 15.3 Å². The van der Waals surface area contributed by atoms with Crippen LogP contribution in [0.1, 0.15) is 11.3 Å². The quantitative estimate of drug-likeness (QED) is 0.466. The Labute approximate surface area is 162 Å². The molecule has 1 fully saturated rings. The molecule has 6 nitrogen and oxygen atoms in total. The van der Waals surface area contributed by atoms with Crippen molar-refractivity contribution in [2.24, 2.45) is 4.99 Å². The first-order valence-corrected chi connectivity index (χ1v) is 9.89. The molecule has 1 saturated heterocycles. The van der Waals surface area contributed by atoms with E-state index in [1.54, 1.807) is 0 Å². The van der Waals surface area contributed by atoms with Gasteiger partial charge in [0.2, 0.25) is 5.96 Å². The van der Waals surface area contributed by atoms with Crippen molar-refractivity contribution in [1.82, 2.24) is 8.86 Å². The van der Waals surface area contributed by atoms with E-state index in [0.29, 0.717) is 23.0 Å². The number of hydrogen-bond acceptors (Lipinski definition) is 5. The third-order valence-corrected chi connectivity index (χ3v) is 5.29. The lowest BCUT2D eigenvalue weighted by Gasteiger charge is -2.26. The van der Waals surface area contributed by atoms with Crippen LogP contribution >= 0.6 is 23.1 Å². The zero-order valence-corrected chi connectivity index (χ0v) is 16.4. The third kappa shape index (κ3) is 5.41. The van der Waals surface area contributed by atoms with Crippen molar-refractivity contribution in [2.75, 3.05) is 44.7 Å². The summed E-state index contributed by atoms with van der Waals surface area (Å²) in [5.74, 6) is 0.678. The number of nitrogens with zero attached hydrogens (tertiary/aromatic N) is 3. The Kier molecular flexibility index (Phi) is 6.85. The van der Waals surface area contributed by atoms with Crippen LogP contribution in [0.4, 0.5) is 5.69 Å². The molecule has 0 amide bonds. The predicted molar refractivity (Wildman–Crippen MR) is 108 cm³/mol. The highest BCUT2D eigenvalue weighted by atomic mass is 35.5. The summed E-state index contributed by atoms with van der Waals surface area (Å²) in [5, 5.41) is 12.2. The molecule has 140 valence electrons. The molecule has 0 spiro atoms. The summed E-state index contributed by atoms with van der Waals surface area (Å²) < 4.78 is 7.20. The van der Waals surface area contributed by atoms with Gasteiger partial charge >= 0.3 is 0 Å². The standard InChI is InChI=1S/C18H24ClN5OS/c1-14-13-17(20)24(26-14)18(22-16-5-3-15(19)4-6-16)21-7-2-8-23-9-11-25-12-10-23/h3-6,13,20H,2,7-12H2,1H3,(H,21,22). The SMILES string of the molecule is Cc1cc(=N)n(C(=NCCCN2CCOCC2)Nc2ccc(Cl)cc2)s1. The van der Waals surface area contributed by atoms with Gasteiger partial charge in [0.25, 0.3) is 0 Å². The number of aromatic nitrogens is 1. The fourth-order valence-electron chi connectivity index (χ4n) is 2.75. The number of nitrogens with one attached hydrogen (secondary N) is 2. The lowest BCUT2D eigenvalue weighted by molar-refractivity contribution is 0.0377.